The van der Waals surface area contributed by atoms with Gasteiger partial charge in [-0.3, -0.25) is 9.69 Å². The van der Waals surface area contributed by atoms with Crippen LogP contribution in [0.15, 0.2) is 18.5 Å². The summed E-state index contributed by atoms with van der Waals surface area (Å²) < 4.78 is 39.1. The second kappa shape index (κ2) is 7.30. The molecular weight excluding hydrogens is 389 g/mol. The zero-order valence-electron chi connectivity index (χ0n) is 15.7. The Kier molecular flexibility index (Phi) is 4.95. The number of alkyl halides is 3. The van der Waals surface area contributed by atoms with Crippen LogP contribution in [0.5, 0.6) is 0 Å². The number of hydrogen-bond donors (Lipinski definition) is 3. The minimum atomic E-state index is -4.44. The lowest BCUT2D eigenvalue weighted by Gasteiger charge is -2.24. The van der Waals surface area contributed by atoms with E-state index in [1.807, 2.05) is 20.9 Å². The van der Waals surface area contributed by atoms with E-state index in [0.717, 1.165) is 10.9 Å². The first kappa shape index (κ1) is 19.6. The third kappa shape index (κ3) is 3.67. The standard InChI is InChI=1S/C18H21F3N6O2/c1-10(17(29)24-9-18(19,20)21)26-5-3-11(7-26)27-14(8-28)25-13-6-23-16-12(15(13)27)2-4-22-16/h2,4,6,10-11,28H,3,5,7-9H2,1H3,(H,22,23)(H,24,29). The first-order chi connectivity index (χ1) is 13.8. The van der Waals surface area contributed by atoms with Gasteiger partial charge in [-0.15, -0.1) is 0 Å². The highest BCUT2D eigenvalue weighted by Crippen LogP contribution is 2.32. The number of nitrogens with zero attached hydrogens (tertiary/aromatic N) is 4. The van der Waals surface area contributed by atoms with Crippen LogP contribution in [-0.2, 0) is 11.4 Å². The molecule has 11 heteroatoms. The van der Waals surface area contributed by atoms with E-state index in [-0.39, 0.29) is 12.6 Å². The number of H-pyrrole nitrogens is 1. The lowest BCUT2D eigenvalue weighted by atomic mass is 10.2. The third-order valence-electron chi connectivity index (χ3n) is 5.40. The van der Waals surface area contributed by atoms with Gasteiger partial charge in [-0.2, -0.15) is 13.2 Å². The number of nitrogens with one attached hydrogen (secondary N) is 2. The van der Waals surface area contributed by atoms with E-state index in [1.165, 1.54) is 0 Å². The molecule has 8 nitrogen and oxygen atoms in total. The molecule has 4 heterocycles. The van der Waals surface area contributed by atoms with Crippen LogP contribution >= 0.6 is 0 Å². The van der Waals surface area contributed by atoms with Gasteiger partial charge in [0.2, 0.25) is 5.91 Å². The van der Waals surface area contributed by atoms with Crippen molar-refractivity contribution in [2.75, 3.05) is 19.6 Å². The van der Waals surface area contributed by atoms with Crippen molar-refractivity contribution in [2.45, 2.75) is 38.2 Å². The fourth-order valence-electron chi connectivity index (χ4n) is 3.98. The van der Waals surface area contributed by atoms with Crippen molar-refractivity contribution in [1.82, 2.24) is 29.7 Å². The average Bonchev–Trinajstić information content (AvgIpc) is 3.40. The number of carbonyl (C=O) groups excluding carboxylic acids is 1. The Morgan fingerprint density at radius 1 is 1.48 bits per heavy atom. The fourth-order valence-corrected chi connectivity index (χ4v) is 3.98. The van der Waals surface area contributed by atoms with Crippen LogP contribution in [0.4, 0.5) is 13.2 Å². The zero-order valence-corrected chi connectivity index (χ0v) is 15.7. The van der Waals surface area contributed by atoms with Gasteiger partial charge >= 0.3 is 6.18 Å². The third-order valence-corrected chi connectivity index (χ3v) is 5.40. The van der Waals surface area contributed by atoms with Crippen molar-refractivity contribution in [3.63, 3.8) is 0 Å². The van der Waals surface area contributed by atoms with Gasteiger partial charge in [0.1, 0.15) is 30.1 Å². The smallest absolute Gasteiger partial charge is 0.388 e. The van der Waals surface area contributed by atoms with E-state index in [2.05, 4.69) is 15.0 Å². The number of halogens is 3. The Labute approximate surface area is 163 Å². The van der Waals surface area contributed by atoms with E-state index in [0.29, 0.717) is 36.5 Å². The van der Waals surface area contributed by atoms with E-state index in [4.69, 9.17) is 0 Å². The number of aliphatic hydroxyl groups is 1. The van der Waals surface area contributed by atoms with Crippen molar-refractivity contribution in [2.24, 2.45) is 0 Å². The van der Waals surface area contributed by atoms with E-state index < -0.39 is 24.7 Å². The highest BCUT2D eigenvalue weighted by Gasteiger charge is 2.34. The summed E-state index contributed by atoms with van der Waals surface area (Å²) in [6.07, 6.45) is -0.334. The minimum absolute atomic E-state index is 0.0690. The van der Waals surface area contributed by atoms with Crippen molar-refractivity contribution in [1.29, 1.82) is 0 Å². The lowest BCUT2D eigenvalue weighted by molar-refractivity contribution is -0.141. The summed E-state index contributed by atoms with van der Waals surface area (Å²) in [5.74, 6) is -0.158. The number of aromatic amines is 1. The molecule has 1 amide bonds. The second-order valence-corrected chi connectivity index (χ2v) is 7.23. The Hall–Kier alpha value is -2.66. The molecule has 1 fully saturated rings. The zero-order chi connectivity index (χ0) is 20.8. The predicted molar refractivity (Wildman–Crippen MR) is 99.1 cm³/mol. The molecule has 0 radical (unpaired) electrons. The molecule has 1 aliphatic heterocycles. The summed E-state index contributed by atoms with van der Waals surface area (Å²) in [4.78, 5) is 25.8. The summed E-state index contributed by atoms with van der Waals surface area (Å²) in [5.41, 5.74) is 2.22. The molecule has 3 N–H and O–H groups in total. The van der Waals surface area contributed by atoms with Crippen molar-refractivity contribution in [3.05, 3.63) is 24.3 Å². The van der Waals surface area contributed by atoms with Gasteiger partial charge in [0.25, 0.3) is 0 Å². The maximum absolute atomic E-state index is 12.4. The van der Waals surface area contributed by atoms with Crippen molar-refractivity contribution in [3.8, 4) is 0 Å². The van der Waals surface area contributed by atoms with E-state index in [1.54, 1.807) is 19.3 Å². The molecule has 2 atom stereocenters. The molecule has 0 saturated carbocycles. The number of pyridine rings is 1. The number of rotatable bonds is 5. The Bertz CT molecular complexity index is 1040. The molecule has 0 spiro atoms. The van der Waals surface area contributed by atoms with Crippen LogP contribution in [0.25, 0.3) is 22.1 Å². The number of imidazole rings is 1. The minimum Gasteiger partial charge on any atom is -0.388 e. The molecule has 3 aromatic rings. The lowest BCUT2D eigenvalue weighted by Crippen LogP contribution is -2.46. The normalized spacial score (nSPS) is 19.3. The Balaban J connectivity index is 1.58. The number of fused-ring (bicyclic) bond motifs is 3. The average molecular weight is 410 g/mol. The molecule has 0 aliphatic carbocycles. The van der Waals surface area contributed by atoms with Gasteiger partial charge in [0, 0.05) is 30.7 Å². The Morgan fingerprint density at radius 2 is 2.28 bits per heavy atom. The van der Waals surface area contributed by atoms with Crippen LogP contribution in [0.1, 0.15) is 25.2 Å². The highest BCUT2D eigenvalue weighted by atomic mass is 19.4. The fraction of sp³-hybridized carbons (Fsp3) is 0.500. The summed E-state index contributed by atoms with van der Waals surface area (Å²) >= 11 is 0. The van der Waals surface area contributed by atoms with E-state index >= 15 is 0 Å². The van der Waals surface area contributed by atoms with Crippen molar-refractivity contribution >= 4 is 28.0 Å². The molecule has 4 rings (SSSR count). The quantitative estimate of drug-likeness (QED) is 0.595. The largest absolute Gasteiger partial charge is 0.405 e. The van der Waals surface area contributed by atoms with Gasteiger partial charge in [-0.05, 0) is 19.4 Å². The van der Waals surface area contributed by atoms with Crippen LogP contribution in [-0.4, -0.2) is 67.3 Å². The predicted octanol–water partition coefficient (Wildman–Crippen LogP) is 1.72. The van der Waals surface area contributed by atoms with Crippen LogP contribution in [0, 0.1) is 0 Å². The van der Waals surface area contributed by atoms with Gasteiger partial charge < -0.3 is 20.0 Å². The molecule has 2 unspecified atom stereocenters. The maximum atomic E-state index is 12.4. The van der Waals surface area contributed by atoms with Gasteiger partial charge in [-0.25, -0.2) is 9.97 Å². The number of likely N-dealkylation sites (tertiary alicyclic amines) is 1. The monoisotopic (exact) mass is 410 g/mol. The number of amides is 1. The molecule has 156 valence electrons. The molecule has 0 aromatic carbocycles. The van der Waals surface area contributed by atoms with Crippen LogP contribution in [0.3, 0.4) is 0 Å². The number of aliphatic hydroxyl groups excluding tert-OH is 1. The maximum Gasteiger partial charge on any atom is 0.405 e. The molecule has 3 aromatic heterocycles. The molecular formula is C18H21F3N6O2. The summed E-state index contributed by atoms with van der Waals surface area (Å²) in [6, 6.07) is 1.13. The summed E-state index contributed by atoms with van der Waals surface area (Å²) in [7, 11) is 0. The number of carbonyl (C=O) groups is 1. The topological polar surface area (TPSA) is 99.1 Å². The van der Waals surface area contributed by atoms with Crippen LogP contribution in [0.2, 0.25) is 0 Å². The SMILES string of the molecule is CC(C(=O)NCC(F)(F)F)N1CCC(n2c(CO)nc3cnc4[nH]ccc4c32)C1. The highest BCUT2D eigenvalue weighted by molar-refractivity contribution is 6.01. The second-order valence-electron chi connectivity index (χ2n) is 7.23. The summed E-state index contributed by atoms with van der Waals surface area (Å²) in [6.45, 7) is 1.03. The molecule has 1 aliphatic rings. The van der Waals surface area contributed by atoms with Gasteiger partial charge in [0.05, 0.1) is 17.8 Å². The summed E-state index contributed by atoms with van der Waals surface area (Å²) in [5, 5.41) is 12.6. The van der Waals surface area contributed by atoms with E-state index in [9.17, 15) is 23.1 Å². The number of hydrogen-bond acceptors (Lipinski definition) is 5. The molecule has 1 saturated heterocycles. The molecule has 0 bridgehead atoms. The van der Waals surface area contributed by atoms with Crippen LogP contribution < -0.4 is 5.32 Å². The van der Waals surface area contributed by atoms with Gasteiger partial charge in [-0.1, -0.05) is 0 Å². The number of aromatic nitrogens is 4. The van der Waals surface area contributed by atoms with Crippen molar-refractivity contribution < 1.29 is 23.1 Å². The first-order valence-corrected chi connectivity index (χ1v) is 9.30. The van der Waals surface area contributed by atoms with Gasteiger partial charge in [0.15, 0.2) is 0 Å². The Morgan fingerprint density at radius 3 is 3.00 bits per heavy atom. The molecule has 29 heavy (non-hydrogen) atoms. The first-order valence-electron chi connectivity index (χ1n) is 9.30.